The van der Waals surface area contributed by atoms with E-state index in [9.17, 15) is 24.3 Å². The number of benzene rings is 1. The smallest absolute Gasteiger partial charge is 0.420 e. The first kappa shape index (κ1) is 30.9. The number of carboxylic acids is 1. The van der Waals surface area contributed by atoms with Gasteiger partial charge >= 0.3 is 24.2 Å². The van der Waals surface area contributed by atoms with Gasteiger partial charge in [0.05, 0.1) is 0 Å². The van der Waals surface area contributed by atoms with Crippen LogP contribution in [0.1, 0.15) is 66.4 Å². The van der Waals surface area contributed by atoms with Crippen molar-refractivity contribution in [2.45, 2.75) is 90.7 Å². The highest BCUT2D eigenvalue weighted by molar-refractivity contribution is 5.93. The van der Waals surface area contributed by atoms with Crippen LogP contribution in [0.5, 0.6) is 0 Å². The van der Waals surface area contributed by atoms with Crippen molar-refractivity contribution in [1.29, 1.82) is 0 Å². The van der Waals surface area contributed by atoms with Crippen LogP contribution in [0.15, 0.2) is 30.3 Å². The lowest BCUT2D eigenvalue weighted by atomic mass is 10.1. The van der Waals surface area contributed by atoms with Crippen LogP contribution in [0.4, 0.5) is 14.4 Å². The number of alkyl carbamates (subject to hydrolysis) is 1. The van der Waals surface area contributed by atoms with E-state index in [0.29, 0.717) is 31.0 Å². The van der Waals surface area contributed by atoms with Crippen molar-refractivity contribution in [1.82, 2.24) is 15.1 Å². The molecule has 1 aliphatic heterocycles. The zero-order chi connectivity index (χ0) is 28.5. The second kappa shape index (κ2) is 13.5. The summed E-state index contributed by atoms with van der Waals surface area (Å²) in [6.45, 7) is 11.8. The molecular weight excluding hydrogens is 494 g/mol. The Bertz CT molecular complexity index is 927. The Morgan fingerprint density at radius 1 is 1.03 bits per heavy atom. The van der Waals surface area contributed by atoms with Crippen LogP contribution in [0.25, 0.3) is 0 Å². The lowest BCUT2D eigenvalue weighted by Gasteiger charge is -2.32. The van der Waals surface area contributed by atoms with Crippen molar-refractivity contribution < 1.29 is 38.5 Å². The third-order valence-corrected chi connectivity index (χ3v) is 5.54. The number of carbonyl (C=O) groups excluding carboxylic acids is 3. The number of aliphatic carboxylic acids is 1. The molecule has 1 fully saturated rings. The molecule has 212 valence electrons. The molecule has 1 aliphatic rings. The monoisotopic (exact) mass is 535 g/mol. The molecule has 1 saturated heterocycles. The fraction of sp³-hybridized carbons (Fsp3) is 0.630. The Balaban J connectivity index is 1.90. The van der Waals surface area contributed by atoms with Gasteiger partial charge in [-0.15, -0.1) is 0 Å². The Kier molecular flexibility index (Phi) is 10.9. The largest absolute Gasteiger partial charge is 0.480 e. The van der Waals surface area contributed by atoms with Crippen molar-refractivity contribution in [2.24, 2.45) is 0 Å². The molecule has 11 nitrogen and oxygen atoms in total. The number of rotatable bonds is 9. The second-order valence-corrected chi connectivity index (χ2v) is 11.3. The minimum absolute atomic E-state index is 0.0154. The highest BCUT2D eigenvalue weighted by Gasteiger charge is 2.40. The van der Waals surface area contributed by atoms with E-state index in [1.165, 1.54) is 0 Å². The lowest BCUT2D eigenvalue weighted by molar-refractivity contribution is -0.143. The Morgan fingerprint density at radius 2 is 1.61 bits per heavy atom. The fourth-order valence-corrected chi connectivity index (χ4v) is 3.91. The van der Waals surface area contributed by atoms with Crippen LogP contribution in [-0.2, 0) is 25.6 Å². The summed E-state index contributed by atoms with van der Waals surface area (Å²) in [4.78, 5) is 52.5. The number of carbonyl (C=O) groups is 4. The summed E-state index contributed by atoms with van der Waals surface area (Å²) < 4.78 is 15.9. The van der Waals surface area contributed by atoms with Gasteiger partial charge in [0, 0.05) is 19.1 Å². The van der Waals surface area contributed by atoms with E-state index in [1.807, 2.05) is 30.3 Å². The third-order valence-electron chi connectivity index (χ3n) is 5.54. The maximum atomic E-state index is 12.8. The number of likely N-dealkylation sites (tertiary alicyclic amines) is 1. The molecule has 0 spiro atoms. The highest BCUT2D eigenvalue weighted by atomic mass is 16.6. The van der Waals surface area contributed by atoms with Crippen LogP contribution in [0.2, 0.25) is 0 Å². The summed E-state index contributed by atoms with van der Waals surface area (Å²) in [5.74, 6) is -1.33. The molecule has 1 heterocycles. The summed E-state index contributed by atoms with van der Waals surface area (Å²) in [5, 5.41) is 12.7. The molecule has 0 aromatic heterocycles. The zero-order valence-electron chi connectivity index (χ0n) is 23.2. The van der Waals surface area contributed by atoms with Crippen molar-refractivity contribution in [2.75, 3.05) is 19.6 Å². The first-order valence-corrected chi connectivity index (χ1v) is 12.8. The maximum absolute atomic E-state index is 12.8. The number of ether oxygens (including phenoxy) is 3. The van der Waals surface area contributed by atoms with E-state index < -0.39 is 41.5 Å². The molecule has 0 aliphatic carbocycles. The molecule has 2 rings (SSSR count). The van der Waals surface area contributed by atoms with Gasteiger partial charge in [0.2, 0.25) is 0 Å². The molecule has 0 radical (unpaired) electrons. The van der Waals surface area contributed by atoms with Crippen LogP contribution < -0.4 is 5.32 Å². The molecule has 38 heavy (non-hydrogen) atoms. The van der Waals surface area contributed by atoms with E-state index in [0.717, 1.165) is 12.0 Å². The molecule has 0 bridgehead atoms. The van der Waals surface area contributed by atoms with Crippen molar-refractivity contribution >= 4 is 24.2 Å². The van der Waals surface area contributed by atoms with E-state index >= 15 is 0 Å². The van der Waals surface area contributed by atoms with Gasteiger partial charge in [0.1, 0.15) is 23.9 Å². The predicted molar refractivity (Wildman–Crippen MR) is 140 cm³/mol. The van der Waals surface area contributed by atoms with E-state index in [-0.39, 0.29) is 19.1 Å². The second-order valence-electron chi connectivity index (χ2n) is 11.3. The topological polar surface area (TPSA) is 135 Å². The Morgan fingerprint density at radius 3 is 2.13 bits per heavy atom. The van der Waals surface area contributed by atoms with E-state index in [4.69, 9.17) is 14.2 Å². The molecule has 0 saturated carbocycles. The lowest BCUT2D eigenvalue weighted by Crippen LogP contribution is -2.52. The first-order chi connectivity index (χ1) is 17.6. The molecule has 11 heteroatoms. The third kappa shape index (κ3) is 11.0. The molecule has 2 N–H and O–H groups in total. The van der Waals surface area contributed by atoms with Crippen LogP contribution in [0, 0.1) is 0 Å². The molecule has 3 amide bonds. The minimum Gasteiger partial charge on any atom is -0.480 e. The number of imide groups is 1. The van der Waals surface area contributed by atoms with Gasteiger partial charge in [-0.1, -0.05) is 30.3 Å². The van der Waals surface area contributed by atoms with Crippen LogP contribution in [-0.4, -0.2) is 82.1 Å². The number of nitrogens with zero attached hydrogens (tertiary/aromatic N) is 2. The van der Waals surface area contributed by atoms with Gasteiger partial charge in [0.25, 0.3) is 0 Å². The molecule has 1 aromatic rings. The summed E-state index contributed by atoms with van der Waals surface area (Å²) in [5.41, 5.74) is -0.962. The number of nitrogens with one attached hydrogen (secondary N) is 1. The van der Waals surface area contributed by atoms with Gasteiger partial charge in [-0.05, 0) is 72.9 Å². The van der Waals surface area contributed by atoms with Crippen molar-refractivity contribution in [3.05, 3.63) is 35.9 Å². The summed E-state index contributed by atoms with van der Waals surface area (Å²) >= 11 is 0. The number of carboxylic acid groups (broad SMARTS) is 1. The zero-order valence-corrected chi connectivity index (χ0v) is 23.2. The molecule has 1 aromatic carbocycles. The number of hydrogen-bond donors (Lipinski definition) is 2. The quantitative estimate of drug-likeness (QED) is 0.441. The minimum atomic E-state index is -1.45. The Hall–Kier alpha value is -3.34. The molecule has 2 atom stereocenters. The van der Waals surface area contributed by atoms with Crippen molar-refractivity contribution in [3.8, 4) is 0 Å². The van der Waals surface area contributed by atoms with Gasteiger partial charge in [-0.25, -0.2) is 19.2 Å². The first-order valence-electron chi connectivity index (χ1n) is 12.8. The van der Waals surface area contributed by atoms with Gasteiger partial charge < -0.3 is 29.5 Å². The average molecular weight is 536 g/mol. The van der Waals surface area contributed by atoms with E-state index in [1.54, 1.807) is 41.5 Å². The SMILES string of the molecule is CC(C)(C)OC(=O)N(C(=O)OC(C)(C)C)[C@@H](CCCN1CCC(NC(=O)OCc2ccccc2)C1)C(=O)O. The van der Waals surface area contributed by atoms with Crippen molar-refractivity contribution in [3.63, 3.8) is 0 Å². The fourth-order valence-electron chi connectivity index (χ4n) is 3.91. The summed E-state index contributed by atoms with van der Waals surface area (Å²) in [6, 6.07) is 7.85. The molecular formula is C27H41N3O8. The van der Waals surface area contributed by atoms with Gasteiger partial charge in [-0.2, -0.15) is 4.90 Å². The van der Waals surface area contributed by atoms with Gasteiger partial charge in [0.15, 0.2) is 0 Å². The number of amides is 3. The average Bonchev–Trinajstić information content (AvgIpc) is 3.22. The van der Waals surface area contributed by atoms with E-state index in [2.05, 4.69) is 10.2 Å². The Labute approximate surface area is 224 Å². The predicted octanol–water partition coefficient (Wildman–Crippen LogP) is 4.39. The number of hydrogen-bond acceptors (Lipinski definition) is 8. The van der Waals surface area contributed by atoms with Crippen LogP contribution >= 0.6 is 0 Å². The molecule has 1 unspecified atom stereocenters. The van der Waals surface area contributed by atoms with Gasteiger partial charge in [-0.3, -0.25) is 0 Å². The standard InChI is InChI=1S/C27H41N3O8/c1-26(2,3)37-24(34)30(25(35)38-27(4,5)6)21(22(31)32)13-10-15-29-16-14-20(17-29)28-23(33)36-18-19-11-8-7-9-12-19/h7-9,11-12,20-21H,10,13-18H2,1-6H3,(H,28,33)(H,31,32)/t20?,21-/m0/s1. The normalized spacial score (nSPS) is 16.8. The highest BCUT2D eigenvalue weighted by Crippen LogP contribution is 2.20. The maximum Gasteiger partial charge on any atom is 0.420 e. The van der Waals surface area contributed by atoms with Crippen LogP contribution in [0.3, 0.4) is 0 Å². The summed E-state index contributed by atoms with van der Waals surface area (Å²) in [6.07, 6.45) is -1.49. The summed E-state index contributed by atoms with van der Waals surface area (Å²) in [7, 11) is 0.